The zero-order valence-corrected chi connectivity index (χ0v) is 13.1. The standard InChI is InChI=1S/C18H22N4/c1-21-11-9-16-15(12-21)18(20-13-19-16)22-10-5-8-17(22)14-6-3-2-4-7-14/h2-4,6-7,13,17H,5,8-12H2,1H3. The monoisotopic (exact) mass is 294 g/mol. The first-order valence-electron chi connectivity index (χ1n) is 8.16. The Labute approximate surface area is 131 Å². The van der Waals surface area contributed by atoms with Crippen molar-refractivity contribution in [2.24, 2.45) is 0 Å². The van der Waals surface area contributed by atoms with Crippen LogP contribution in [-0.4, -0.2) is 35.0 Å². The highest BCUT2D eigenvalue weighted by atomic mass is 15.2. The average Bonchev–Trinajstić information content (AvgIpc) is 3.04. The summed E-state index contributed by atoms with van der Waals surface area (Å²) in [4.78, 5) is 14.1. The molecule has 0 spiro atoms. The lowest BCUT2D eigenvalue weighted by atomic mass is 10.0. The molecule has 0 N–H and O–H groups in total. The molecule has 0 amide bonds. The van der Waals surface area contributed by atoms with Crippen molar-refractivity contribution < 1.29 is 0 Å². The molecule has 1 aromatic carbocycles. The second-order valence-corrected chi connectivity index (χ2v) is 6.37. The molecule has 4 heteroatoms. The number of anilines is 1. The number of nitrogens with zero attached hydrogens (tertiary/aromatic N) is 4. The minimum Gasteiger partial charge on any atom is -0.349 e. The van der Waals surface area contributed by atoms with Crippen LogP contribution in [0, 0.1) is 0 Å². The minimum absolute atomic E-state index is 0.451. The van der Waals surface area contributed by atoms with Crippen LogP contribution in [0.15, 0.2) is 36.7 Å². The van der Waals surface area contributed by atoms with Gasteiger partial charge >= 0.3 is 0 Å². The Hall–Kier alpha value is -1.94. The molecule has 114 valence electrons. The van der Waals surface area contributed by atoms with Gasteiger partial charge in [0.25, 0.3) is 0 Å². The van der Waals surface area contributed by atoms with Crippen LogP contribution in [0.25, 0.3) is 0 Å². The molecule has 1 unspecified atom stereocenters. The molecular formula is C18H22N4. The van der Waals surface area contributed by atoms with Crippen LogP contribution >= 0.6 is 0 Å². The molecule has 0 saturated carbocycles. The molecule has 0 bridgehead atoms. The maximum atomic E-state index is 4.67. The zero-order valence-electron chi connectivity index (χ0n) is 13.1. The van der Waals surface area contributed by atoms with Gasteiger partial charge in [0, 0.05) is 31.6 Å². The summed E-state index contributed by atoms with van der Waals surface area (Å²) in [6.07, 6.45) is 5.22. The lowest BCUT2D eigenvalue weighted by Crippen LogP contribution is -2.32. The van der Waals surface area contributed by atoms with Gasteiger partial charge in [0.05, 0.1) is 11.7 Å². The van der Waals surface area contributed by atoms with E-state index in [4.69, 9.17) is 0 Å². The minimum atomic E-state index is 0.451. The molecule has 1 atom stereocenters. The third-order valence-corrected chi connectivity index (χ3v) is 4.88. The van der Waals surface area contributed by atoms with Gasteiger partial charge in [-0.1, -0.05) is 30.3 Å². The average molecular weight is 294 g/mol. The third kappa shape index (κ3) is 2.37. The molecule has 1 fully saturated rings. The molecule has 2 aliphatic heterocycles. The summed E-state index contributed by atoms with van der Waals surface area (Å²) in [5, 5.41) is 0. The number of rotatable bonds is 2. The fourth-order valence-corrected chi connectivity index (χ4v) is 3.75. The van der Waals surface area contributed by atoms with Crippen molar-refractivity contribution in [2.45, 2.75) is 31.8 Å². The normalized spacial score (nSPS) is 21.9. The van der Waals surface area contributed by atoms with Crippen LogP contribution in [0.1, 0.15) is 35.7 Å². The molecule has 4 nitrogen and oxygen atoms in total. The van der Waals surface area contributed by atoms with Crippen molar-refractivity contribution in [3.63, 3.8) is 0 Å². The van der Waals surface area contributed by atoms with Crippen LogP contribution in [0.3, 0.4) is 0 Å². The Kier molecular flexibility index (Phi) is 3.54. The van der Waals surface area contributed by atoms with E-state index in [0.29, 0.717) is 6.04 Å². The molecule has 4 rings (SSSR count). The molecule has 3 heterocycles. The fourth-order valence-electron chi connectivity index (χ4n) is 3.75. The van der Waals surface area contributed by atoms with Crippen LogP contribution < -0.4 is 4.90 Å². The van der Waals surface area contributed by atoms with Crippen molar-refractivity contribution in [1.82, 2.24) is 14.9 Å². The maximum Gasteiger partial charge on any atom is 0.137 e. The first kappa shape index (κ1) is 13.7. The van der Waals surface area contributed by atoms with Crippen molar-refractivity contribution in [2.75, 3.05) is 25.0 Å². The lowest BCUT2D eigenvalue weighted by molar-refractivity contribution is 0.309. The SMILES string of the molecule is CN1CCc2ncnc(N3CCCC3c3ccccc3)c2C1. The van der Waals surface area contributed by atoms with Crippen molar-refractivity contribution in [3.8, 4) is 0 Å². The van der Waals surface area contributed by atoms with Gasteiger partial charge in [-0.25, -0.2) is 9.97 Å². The summed E-state index contributed by atoms with van der Waals surface area (Å²) in [5.74, 6) is 1.16. The Morgan fingerprint density at radius 3 is 2.82 bits per heavy atom. The Balaban J connectivity index is 1.72. The number of fused-ring (bicyclic) bond motifs is 1. The van der Waals surface area contributed by atoms with E-state index in [0.717, 1.165) is 31.9 Å². The molecule has 2 aliphatic rings. The Morgan fingerprint density at radius 2 is 1.95 bits per heavy atom. The summed E-state index contributed by atoms with van der Waals surface area (Å²) in [7, 11) is 2.18. The van der Waals surface area contributed by atoms with E-state index in [2.05, 4.69) is 57.1 Å². The Bertz CT molecular complexity index is 655. The number of hydrogen-bond acceptors (Lipinski definition) is 4. The highest BCUT2D eigenvalue weighted by molar-refractivity contribution is 5.52. The zero-order chi connectivity index (χ0) is 14.9. The number of benzene rings is 1. The first-order valence-corrected chi connectivity index (χ1v) is 8.16. The lowest BCUT2D eigenvalue weighted by Gasteiger charge is -2.32. The molecule has 22 heavy (non-hydrogen) atoms. The van der Waals surface area contributed by atoms with Gasteiger partial charge in [-0.15, -0.1) is 0 Å². The van der Waals surface area contributed by atoms with E-state index in [-0.39, 0.29) is 0 Å². The predicted molar refractivity (Wildman–Crippen MR) is 87.8 cm³/mol. The molecule has 2 aromatic rings. The van der Waals surface area contributed by atoms with Crippen LogP contribution in [0.4, 0.5) is 5.82 Å². The van der Waals surface area contributed by atoms with E-state index in [1.54, 1.807) is 6.33 Å². The number of hydrogen-bond donors (Lipinski definition) is 0. The predicted octanol–water partition coefficient (Wildman–Crippen LogP) is 2.81. The molecular weight excluding hydrogens is 272 g/mol. The van der Waals surface area contributed by atoms with Gasteiger partial charge < -0.3 is 9.80 Å². The summed E-state index contributed by atoms with van der Waals surface area (Å²) < 4.78 is 0. The Morgan fingerprint density at radius 1 is 1.09 bits per heavy atom. The summed E-state index contributed by atoms with van der Waals surface area (Å²) in [6.45, 7) is 3.14. The van der Waals surface area contributed by atoms with Gasteiger partial charge in [-0.2, -0.15) is 0 Å². The molecule has 1 aromatic heterocycles. The van der Waals surface area contributed by atoms with Gasteiger partial charge in [0.15, 0.2) is 0 Å². The second kappa shape index (κ2) is 5.69. The largest absolute Gasteiger partial charge is 0.349 e. The molecule has 1 saturated heterocycles. The van der Waals surface area contributed by atoms with Crippen molar-refractivity contribution in [1.29, 1.82) is 0 Å². The quantitative estimate of drug-likeness (QED) is 0.852. The molecule has 0 radical (unpaired) electrons. The smallest absolute Gasteiger partial charge is 0.137 e. The van der Waals surface area contributed by atoms with E-state index < -0.39 is 0 Å². The van der Waals surface area contributed by atoms with Crippen molar-refractivity contribution >= 4 is 5.82 Å². The number of aromatic nitrogens is 2. The van der Waals surface area contributed by atoms with E-state index in [1.165, 1.54) is 29.7 Å². The highest BCUT2D eigenvalue weighted by Gasteiger charge is 2.30. The topological polar surface area (TPSA) is 32.3 Å². The summed E-state index contributed by atoms with van der Waals surface area (Å²) in [6, 6.07) is 11.3. The van der Waals surface area contributed by atoms with Gasteiger partial charge in [0.2, 0.25) is 0 Å². The highest BCUT2D eigenvalue weighted by Crippen LogP contribution is 2.37. The number of likely N-dealkylation sites (N-methyl/N-ethyl adjacent to an activating group) is 1. The van der Waals surface area contributed by atoms with Crippen LogP contribution in [-0.2, 0) is 13.0 Å². The molecule has 0 aliphatic carbocycles. The first-order chi connectivity index (χ1) is 10.8. The van der Waals surface area contributed by atoms with Gasteiger partial charge in [-0.05, 0) is 25.5 Å². The second-order valence-electron chi connectivity index (χ2n) is 6.37. The fraction of sp³-hybridized carbons (Fsp3) is 0.444. The van der Waals surface area contributed by atoms with E-state index >= 15 is 0 Å². The van der Waals surface area contributed by atoms with Crippen molar-refractivity contribution in [3.05, 3.63) is 53.5 Å². The summed E-state index contributed by atoms with van der Waals surface area (Å²) >= 11 is 0. The van der Waals surface area contributed by atoms with E-state index in [1.807, 2.05) is 0 Å². The van der Waals surface area contributed by atoms with E-state index in [9.17, 15) is 0 Å². The van der Waals surface area contributed by atoms with Crippen LogP contribution in [0.2, 0.25) is 0 Å². The van der Waals surface area contributed by atoms with Gasteiger partial charge in [-0.3, -0.25) is 0 Å². The maximum absolute atomic E-state index is 4.67. The van der Waals surface area contributed by atoms with Gasteiger partial charge in [0.1, 0.15) is 12.1 Å². The third-order valence-electron chi connectivity index (χ3n) is 4.88. The summed E-state index contributed by atoms with van der Waals surface area (Å²) in [5.41, 5.74) is 3.97. The van der Waals surface area contributed by atoms with Crippen LogP contribution in [0.5, 0.6) is 0 Å².